The molecule has 0 saturated carbocycles. The number of carbonyl (C=O) groups excluding carboxylic acids is 1. The predicted molar refractivity (Wildman–Crippen MR) is 81.8 cm³/mol. The van der Waals surface area contributed by atoms with Gasteiger partial charge < -0.3 is 15.4 Å². The fourth-order valence-corrected chi connectivity index (χ4v) is 1.66. The molecule has 2 amide bonds. The molecule has 0 bridgehead atoms. The zero-order valence-electron chi connectivity index (χ0n) is 11.9. The van der Waals surface area contributed by atoms with Gasteiger partial charge in [0.15, 0.2) is 0 Å². The van der Waals surface area contributed by atoms with Gasteiger partial charge in [0.25, 0.3) is 0 Å². The second kappa shape index (κ2) is 7.40. The number of thioether (sulfide) groups is 1. The molecule has 0 radical (unpaired) electrons. The molecule has 1 rings (SSSR count). The van der Waals surface area contributed by atoms with Crippen LogP contribution in [0.3, 0.4) is 0 Å². The van der Waals surface area contributed by atoms with E-state index in [9.17, 15) is 4.79 Å². The van der Waals surface area contributed by atoms with Gasteiger partial charge in [-0.1, -0.05) is 12.1 Å². The molecule has 106 valence electrons. The predicted octanol–water partition coefficient (Wildman–Crippen LogP) is 3.10. The number of urea groups is 1. The molecular weight excluding hydrogens is 260 g/mol. The Morgan fingerprint density at radius 2 is 2.16 bits per heavy atom. The molecule has 4 nitrogen and oxygen atoms in total. The smallest absolute Gasteiger partial charge is 0.319 e. The summed E-state index contributed by atoms with van der Waals surface area (Å²) in [5, 5.41) is 5.69. The number of carbonyl (C=O) groups is 1. The summed E-state index contributed by atoms with van der Waals surface area (Å²) in [5.74, 6) is 0. The molecule has 0 fully saturated rings. The zero-order chi connectivity index (χ0) is 14.3. The topological polar surface area (TPSA) is 50.4 Å². The first-order valence-corrected chi connectivity index (χ1v) is 7.37. The van der Waals surface area contributed by atoms with Crippen LogP contribution in [0, 0.1) is 0 Å². The third kappa shape index (κ3) is 5.98. The summed E-state index contributed by atoms with van der Waals surface area (Å²) in [7, 11) is 1.65. The van der Waals surface area contributed by atoms with Crippen molar-refractivity contribution in [1.82, 2.24) is 5.32 Å². The first-order chi connectivity index (χ1) is 8.96. The van der Waals surface area contributed by atoms with Crippen molar-refractivity contribution in [2.45, 2.75) is 25.2 Å². The minimum atomic E-state index is -0.184. The molecule has 0 saturated heterocycles. The number of ether oxygens (including phenoxy) is 1. The van der Waals surface area contributed by atoms with E-state index in [1.54, 1.807) is 18.9 Å². The summed E-state index contributed by atoms with van der Waals surface area (Å²) < 4.78 is 5.10. The van der Waals surface area contributed by atoms with E-state index in [2.05, 4.69) is 24.5 Å². The molecule has 1 aromatic rings. The number of nitrogens with one attached hydrogen (secondary N) is 2. The third-order valence-corrected chi connectivity index (χ3v) is 3.97. The van der Waals surface area contributed by atoms with E-state index in [1.165, 1.54) is 0 Å². The quantitative estimate of drug-likeness (QED) is 0.843. The molecule has 0 aliphatic rings. The van der Waals surface area contributed by atoms with Crippen LogP contribution < -0.4 is 10.6 Å². The second-order valence-corrected chi connectivity index (χ2v) is 6.42. The van der Waals surface area contributed by atoms with Gasteiger partial charge >= 0.3 is 6.03 Å². The fourth-order valence-electron chi connectivity index (χ4n) is 1.45. The maximum Gasteiger partial charge on any atom is 0.319 e. The summed E-state index contributed by atoms with van der Waals surface area (Å²) in [6.07, 6.45) is 2.04. The Morgan fingerprint density at radius 1 is 1.42 bits per heavy atom. The largest absolute Gasteiger partial charge is 0.380 e. The first kappa shape index (κ1) is 15.9. The first-order valence-electron chi connectivity index (χ1n) is 6.15. The number of anilines is 1. The van der Waals surface area contributed by atoms with E-state index in [1.807, 2.05) is 30.5 Å². The van der Waals surface area contributed by atoms with Crippen LogP contribution in [0.5, 0.6) is 0 Å². The van der Waals surface area contributed by atoms with Crippen LogP contribution >= 0.6 is 11.8 Å². The van der Waals surface area contributed by atoms with Crippen LogP contribution in [0.1, 0.15) is 19.4 Å². The van der Waals surface area contributed by atoms with Gasteiger partial charge in [0.2, 0.25) is 0 Å². The molecule has 0 aliphatic heterocycles. The molecule has 0 atom stereocenters. The third-order valence-electron chi connectivity index (χ3n) is 2.72. The van der Waals surface area contributed by atoms with Crippen molar-refractivity contribution in [2.75, 3.05) is 25.2 Å². The van der Waals surface area contributed by atoms with E-state index in [4.69, 9.17) is 4.74 Å². The van der Waals surface area contributed by atoms with Crippen molar-refractivity contribution >= 4 is 23.5 Å². The summed E-state index contributed by atoms with van der Waals surface area (Å²) in [5.41, 5.74) is 1.80. The lowest BCUT2D eigenvalue weighted by molar-refractivity contribution is 0.185. The van der Waals surface area contributed by atoms with Gasteiger partial charge in [-0.25, -0.2) is 4.79 Å². The van der Waals surface area contributed by atoms with Crippen LogP contribution in [0.2, 0.25) is 0 Å². The summed E-state index contributed by atoms with van der Waals surface area (Å²) in [6.45, 7) is 5.35. The highest BCUT2D eigenvalue weighted by Gasteiger charge is 2.16. The highest BCUT2D eigenvalue weighted by atomic mass is 32.2. The molecule has 0 aliphatic carbocycles. The average Bonchev–Trinajstić information content (AvgIpc) is 2.37. The van der Waals surface area contributed by atoms with Crippen LogP contribution in [-0.2, 0) is 11.3 Å². The SMILES string of the molecule is COCc1cccc(NC(=O)NCC(C)(C)SC)c1. The van der Waals surface area contributed by atoms with E-state index < -0.39 is 0 Å². The fraction of sp³-hybridized carbons (Fsp3) is 0.500. The van der Waals surface area contributed by atoms with Crippen LogP contribution in [-0.4, -0.2) is 30.7 Å². The molecule has 5 heteroatoms. The van der Waals surface area contributed by atoms with Gasteiger partial charge in [-0.2, -0.15) is 11.8 Å². The minimum absolute atomic E-state index is 0.0369. The summed E-state index contributed by atoms with van der Waals surface area (Å²) in [4.78, 5) is 11.8. The molecular formula is C14H22N2O2S. The van der Waals surface area contributed by atoms with Gasteiger partial charge in [-0.05, 0) is 37.8 Å². The Labute approximate surface area is 119 Å². The van der Waals surface area contributed by atoms with Gasteiger partial charge in [-0.3, -0.25) is 0 Å². The van der Waals surface area contributed by atoms with Crippen LogP contribution in [0.25, 0.3) is 0 Å². The average molecular weight is 282 g/mol. The minimum Gasteiger partial charge on any atom is -0.380 e. The lowest BCUT2D eigenvalue weighted by Gasteiger charge is -2.22. The second-order valence-electron chi connectivity index (χ2n) is 4.90. The number of methoxy groups -OCH3 is 1. The lowest BCUT2D eigenvalue weighted by atomic mass is 10.2. The van der Waals surface area contributed by atoms with Crippen molar-refractivity contribution < 1.29 is 9.53 Å². The van der Waals surface area contributed by atoms with Gasteiger partial charge in [0.1, 0.15) is 0 Å². The van der Waals surface area contributed by atoms with E-state index in [-0.39, 0.29) is 10.8 Å². The summed E-state index contributed by atoms with van der Waals surface area (Å²) in [6, 6.07) is 7.44. The molecule has 1 aromatic carbocycles. The summed E-state index contributed by atoms with van der Waals surface area (Å²) >= 11 is 1.73. The lowest BCUT2D eigenvalue weighted by Crippen LogP contribution is -2.38. The maximum absolute atomic E-state index is 11.8. The van der Waals surface area contributed by atoms with Crippen molar-refractivity contribution in [3.05, 3.63) is 29.8 Å². The van der Waals surface area contributed by atoms with Gasteiger partial charge in [0.05, 0.1) is 6.61 Å². The normalized spacial score (nSPS) is 11.2. The van der Waals surface area contributed by atoms with Crippen molar-refractivity contribution in [3.63, 3.8) is 0 Å². The van der Waals surface area contributed by atoms with Crippen molar-refractivity contribution in [3.8, 4) is 0 Å². The van der Waals surface area contributed by atoms with Crippen molar-refractivity contribution in [1.29, 1.82) is 0 Å². The highest BCUT2D eigenvalue weighted by molar-refractivity contribution is 7.99. The highest BCUT2D eigenvalue weighted by Crippen LogP contribution is 2.19. The number of hydrogen-bond acceptors (Lipinski definition) is 3. The molecule has 0 unspecified atom stereocenters. The zero-order valence-corrected chi connectivity index (χ0v) is 12.8. The molecule has 19 heavy (non-hydrogen) atoms. The molecule has 0 heterocycles. The van der Waals surface area contributed by atoms with E-state index >= 15 is 0 Å². The Balaban J connectivity index is 2.50. The van der Waals surface area contributed by atoms with E-state index in [0.717, 1.165) is 11.3 Å². The maximum atomic E-state index is 11.8. The Bertz CT molecular complexity index is 422. The van der Waals surface area contributed by atoms with Gasteiger partial charge in [-0.15, -0.1) is 0 Å². The Hall–Kier alpha value is -1.20. The number of hydrogen-bond donors (Lipinski definition) is 2. The molecule has 0 spiro atoms. The standard InChI is InChI=1S/C14H22N2O2S/c1-14(2,19-4)10-15-13(17)16-12-7-5-6-11(8-12)9-18-3/h5-8H,9-10H2,1-4H3,(H2,15,16,17). The van der Waals surface area contributed by atoms with Crippen molar-refractivity contribution in [2.24, 2.45) is 0 Å². The van der Waals surface area contributed by atoms with E-state index in [0.29, 0.717) is 13.2 Å². The molecule has 0 aromatic heterocycles. The molecule has 2 N–H and O–H groups in total. The Kier molecular flexibility index (Phi) is 6.18. The van der Waals surface area contributed by atoms with Crippen LogP contribution in [0.4, 0.5) is 10.5 Å². The number of amides is 2. The monoisotopic (exact) mass is 282 g/mol. The number of rotatable bonds is 6. The number of benzene rings is 1. The van der Waals surface area contributed by atoms with Crippen LogP contribution in [0.15, 0.2) is 24.3 Å². The van der Waals surface area contributed by atoms with Gasteiger partial charge in [0, 0.05) is 24.1 Å². The Morgan fingerprint density at radius 3 is 2.79 bits per heavy atom.